The molecule has 10 heteroatoms. The number of nitrogens with one attached hydrogen (secondary N) is 2. The molecular weight excluding hydrogens is 585 g/mol. The average molecular weight is 619 g/mol. The van der Waals surface area contributed by atoms with E-state index in [4.69, 9.17) is 9.47 Å². The van der Waals surface area contributed by atoms with Crippen LogP contribution in [0, 0.1) is 5.92 Å². The van der Waals surface area contributed by atoms with Crippen LogP contribution in [0.2, 0.25) is 0 Å². The standard InChI is InChI=1S/C33H34N2O6S2/c1-22-31(21-42-29-17-15-27(16-18-29)34-23(2)37)40-33(41-32(22)25-13-11-24(20-36)12-14-25)26-7-6-8-28(19-26)35-43(38,39)30-9-4-3-5-10-30/h3-19,22,31-33,35-36H,20-21H2,1-2H3,(H,34,37)/t22-,31+,32+,33+/m1/s1. The van der Waals surface area contributed by atoms with Gasteiger partial charge in [0.05, 0.1) is 23.7 Å². The van der Waals surface area contributed by atoms with Gasteiger partial charge in [-0.05, 0) is 59.7 Å². The lowest BCUT2D eigenvalue weighted by Crippen LogP contribution is -2.38. The Balaban J connectivity index is 1.38. The number of hydrogen-bond acceptors (Lipinski definition) is 7. The van der Waals surface area contributed by atoms with Crippen LogP contribution in [0.3, 0.4) is 0 Å². The number of amides is 1. The minimum Gasteiger partial charge on any atom is -0.392 e. The van der Waals surface area contributed by atoms with Crippen LogP contribution >= 0.6 is 11.8 Å². The van der Waals surface area contributed by atoms with Crippen molar-refractivity contribution in [3.8, 4) is 0 Å². The maximum absolute atomic E-state index is 13.0. The van der Waals surface area contributed by atoms with Gasteiger partial charge < -0.3 is 19.9 Å². The van der Waals surface area contributed by atoms with Crippen LogP contribution in [0.5, 0.6) is 0 Å². The van der Waals surface area contributed by atoms with Crippen LogP contribution in [0.15, 0.2) is 113 Å². The monoisotopic (exact) mass is 618 g/mol. The molecule has 5 rings (SSSR count). The van der Waals surface area contributed by atoms with Gasteiger partial charge in [-0.3, -0.25) is 9.52 Å². The van der Waals surface area contributed by atoms with Gasteiger partial charge >= 0.3 is 0 Å². The largest absolute Gasteiger partial charge is 0.392 e. The van der Waals surface area contributed by atoms with Crippen molar-refractivity contribution in [3.63, 3.8) is 0 Å². The van der Waals surface area contributed by atoms with Crippen molar-refractivity contribution in [2.45, 2.75) is 48.7 Å². The average Bonchev–Trinajstić information content (AvgIpc) is 3.01. The van der Waals surface area contributed by atoms with Gasteiger partial charge in [-0.2, -0.15) is 0 Å². The van der Waals surface area contributed by atoms with E-state index in [0.717, 1.165) is 21.7 Å². The van der Waals surface area contributed by atoms with Gasteiger partial charge in [-0.1, -0.05) is 61.5 Å². The summed E-state index contributed by atoms with van der Waals surface area (Å²) in [6.45, 7) is 3.53. The number of ether oxygens (including phenoxy) is 2. The third-order valence-corrected chi connectivity index (χ3v) is 9.67. The molecule has 0 aliphatic carbocycles. The van der Waals surface area contributed by atoms with Gasteiger partial charge in [0.25, 0.3) is 10.0 Å². The molecule has 0 unspecified atom stereocenters. The molecule has 0 spiro atoms. The third-order valence-electron chi connectivity index (χ3n) is 7.18. The Morgan fingerprint density at radius 2 is 1.58 bits per heavy atom. The minimum atomic E-state index is -3.77. The smallest absolute Gasteiger partial charge is 0.261 e. The molecule has 0 radical (unpaired) electrons. The molecule has 1 heterocycles. The fourth-order valence-electron chi connectivity index (χ4n) is 4.89. The fourth-order valence-corrected chi connectivity index (χ4v) is 7.03. The topological polar surface area (TPSA) is 114 Å². The molecule has 0 aromatic heterocycles. The lowest BCUT2D eigenvalue weighted by molar-refractivity contribution is -0.268. The molecule has 4 aromatic carbocycles. The van der Waals surface area contributed by atoms with E-state index in [1.165, 1.54) is 6.92 Å². The normalized spacial score (nSPS) is 20.3. The van der Waals surface area contributed by atoms with E-state index in [1.54, 1.807) is 60.3 Å². The third kappa shape index (κ3) is 7.84. The Labute approximate surface area is 256 Å². The van der Waals surface area contributed by atoms with E-state index in [2.05, 4.69) is 17.0 Å². The lowest BCUT2D eigenvalue weighted by atomic mass is 9.91. The predicted molar refractivity (Wildman–Crippen MR) is 168 cm³/mol. The molecule has 3 N–H and O–H groups in total. The molecule has 8 nitrogen and oxygen atoms in total. The highest BCUT2D eigenvalue weighted by Crippen LogP contribution is 2.43. The number of aliphatic hydroxyl groups excluding tert-OH is 1. The molecule has 0 saturated carbocycles. The lowest BCUT2D eigenvalue weighted by Gasteiger charge is -2.41. The summed E-state index contributed by atoms with van der Waals surface area (Å²) in [6.07, 6.45) is -1.25. The molecular formula is C33H34N2O6S2. The summed E-state index contributed by atoms with van der Waals surface area (Å²) in [7, 11) is -3.77. The minimum absolute atomic E-state index is 0.0119. The highest BCUT2D eigenvalue weighted by Gasteiger charge is 2.38. The molecule has 43 heavy (non-hydrogen) atoms. The van der Waals surface area contributed by atoms with Crippen molar-refractivity contribution in [1.29, 1.82) is 0 Å². The Bertz CT molecular complexity index is 1630. The first-order valence-electron chi connectivity index (χ1n) is 13.9. The van der Waals surface area contributed by atoms with Crippen LogP contribution in [-0.2, 0) is 30.9 Å². The van der Waals surface area contributed by atoms with Crippen LogP contribution in [0.1, 0.15) is 42.9 Å². The molecule has 0 bridgehead atoms. The first kappa shape index (κ1) is 30.8. The van der Waals surface area contributed by atoms with Crippen LogP contribution in [0.25, 0.3) is 0 Å². The Hall–Kier alpha value is -3.67. The summed E-state index contributed by atoms with van der Waals surface area (Å²) in [6, 6.07) is 30.6. The highest BCUT2D eigenvalue weighted by atomic mass is 32.2. The van der Waals surface area contributed by atoms with Crippen LogP contribution < -0.4 is 10.0 Å². The number of sulfonamides is 1. The maximum Gasteiger partial charge on any atom is 0.261 e. The number of carbonyl (C=O) groups excluding carboxylic acids is 1. The molecule has 4 atom stereocenters. The molecule has 1 aliphatic rings. The van der Waals surface area contributed by atoms with Gasteiger partial charge in [0.15, 0.2) is 6.29 Å². The molecule has 1 saturated heterocycles. The van der Waals surface area contributed by atoms with E-state index in [1.807, 2.05) is 54.6 Å². The van der Waals surface area contributed by atoms with E-state index < -0.39 is 16.3 Å². The Morgan fingerprint density at radius 3 is 2.26 bits per heavy atom. The van der Waals surface area contributed by atoms with Gasteiger partial charge in [0.1, 0.15) is 0 Å². The van der Waals surface area contributed by atoms with E-state index in [-0.39, 0.29) is 35.5 Å². The number of anilines is 2. The van der Waals surface area contributed by atoms with E-state index in [9.17, 15) is 18.3 Å². The quantitative estimate of drug-likeness (QED) is 0.173. The van der Waals surface area contributed by atoms with Gasteiger partial charge in [-0.25, -0.2) is 8.42 Å². The van der Waals surface area contributed by atoms with Crippen molar-refractivity contribution in [3.05, 3.63) is 120 Å². The molecule has 1 amide bonds. The Morgan fingerprint density at radius 1 is 0.860 bits per heavy atom. The first-order chi connectivity index (χ1) is 20.7. The van der Waals surface area contributed by atoms with Gasteiger partial charge in [0, 0.05) is 40.4 Å². The zero-order chi connectivity index (χ0) is 30.4. The summed E-state index contributed by atoms with van der Waals surface area (Å²) in [5, 5.41) is 12.3. The van der Waals surface area contributed by atoms with Crippen molar-refractivity contribution >= 4 is 39.1 Å². The number of benzene rings is 4. The number of rotatable bonds is 10. The predicted octanol–water partition coefficient (Wildman–Crippen LogP) is 6.52. The zero-order valence-corrected chi connectivity index (χ0v) is 25.5. The van der Waals surface area contributed by atoms with Gasteiger partial charge in [0.2, 0.25) is 5.91 Å². The van der Waals surface area contributed by atoms with Crippen molar-refractivity contribution < 1.29 is 27.8 Å². The molecule has 224 valence electrons. The van der Waals surface area contributed by atoms with Crippen molar-refractivity contribution in [1.82, 2.24) is 0 Å². The zero-order valence-electron chi connectivity index (χ0n) is 23.8. The van der Waals surface area contributed by atoms with Crippen molar-refractivity contribution in [2.24, 2.45) is 5.92 Å². The summed E-state index contributed by atoms with van der Waals surface area (Å²) in [5.74, 6) is 0.513. The van der Waals surface area contributed by atoms with Crippen LogP contribution in [-0.4, -0.2) is 31.3 Å². The second-order valence-corrected chi connectivity index (χ2v) is 13.2. The summed E-state index contributed by atoms with van der Waals surface area (Å²) < 4.78 is 41.6. The number of hydrogen-bond donors (Lipinski definition) is 3. The second kappa shape index (κ2) is 13.7. The SMILES string of the molecule is CC(=O)Nc1ccc(SC[C@@H]2O[C@H](c3cccc(NS(=O)(=O)c4ccccc4)c3)O[C@H](c3ccc(CO)cc3)[C@@H]2C)cc1. The number of aliphatic hydroxyl groups is 1. The second-order valence-electron chi connectivity index (χ2n) is 10.4. The number of thioether (sulfide) groups is 1. The number of carbonyl (C=O) groups is 1. The van der Waals surface area contributed by atoms with Crippen LogP contribution in [0.4, 0.5) is 11.4 Å². The van der Waals surface area contributed by atoms with Crippen molar-refractivity contribution in [2.75, 3.05) is 15.8 Å². The highest BCUT2D eigenvalue weighted by molar-refractivity contribution is 7.99. The van der Waals surface area contributed by atoms with E-state index in [0.29, 0.717) is 17.0 Å². The molecule has 4 aromatic rings. The van der Waals surface area contributed by atoms with E-state index >= 15 is 0 Å². The fraction of sp³-hybridized carbons (Fsp3) is 0.242. The molecule has 1 fully saturated rings. The maximum atomic E-state index is 13.0. The summed E-state index contributed by atoms with van der Waals surface area (Å²) in [4.78, 5) is 12.6. The Kier molecular flexibility index (Phi) is 9.84. The first-order valence-corrected chi connectivity index (χ1v) is 16.4. The van der Waals surface area contributed by atoms with Gasteiger partial charge in [-0.15, -0.1) is 11.8 Å². The summed E-state index contributed by atoms with van der Waals surface area (Å²) in [5.41, 5.74) is 3.61. The summed E-state index contributed by atoms with van der Waals surface area (Å²) >= 11 is 1.65. The molecule has 1 aliphatic heterocycles.